The molecule has 1 unspecified atom stereocenters. The molecule has 0 heterocycles. The number of hydrogen-bond donors (Lipinski definition) is 0. The lowest BCUT2D eigenvalue weighted by Crippen LogP contribution is -2.42. The second-order valence-electron chi connectivity index (χ2n) is 6.08. The van der Waals surface area contributed by atoms with Crippen LogP contribution in [0.1, 0.15) is 51.6 Å². The molecule has 0 saturated heterocycles. The maximum Gasteiger partial charge on any atom is 0.237 e. The molecular formula is C18H27BrN2O. The summed E-state index contributed by atoms with van der Waals surface area (Å²) in [4.78, 5) is 17.0. The lowest BCUT2D eigenvalue weighted by molar-refractivity contribution is -0.133. The molecule has 0 radical (unpaired) electrons. The quantitative estimate of drug-likeness (QED) is 0.686. The van der Waals surface area contributed by atoms with Crippen molar-refractivity contribution >= 4 is 21.8 Å². The summed E-state index contributed by atoms with van der Waals surface area (Å²) in [6, 6.07) is 9.03. The average Bonchev–Trinajstić information content (AvgIpc) is 3.32. The van der Waals surface area contributed by atoms with Crippen molar-refractivity contribution in [2.24, 2.45) is 0 Å². The minimum absolute atomic E-state index is 0.234. The molecular weight excluding hydrogens is 340 g/mol. The van der Waals surface area contributed by atoms with Gasteiger partial charge < -0.3 is 4.90 Å². The van der Waals surface area contributed by atoms with Crippen molar-refractivity contribution in [2.45, 2.75) is 52.1 Å². The summed E-state index contributed by atoms with van der Waals surface area (Å²) in [7, 11) is 0. The number of carbonyl (C=O) groups is 1. The van der Waals surface area contributed by atoms with Crippen molar-refractivity contribution in [3.63, 3.8) is 0 Å². The highest BCUT2D eigenvalue weighted by molar-refractivity contribution is 9.10. The fourth-order valence-corrected chi connectivity index (χ4v) is 3.61. The maximum absolute atomic E-state index is 12.6. The van der Waals surface area contributed by atoms with Crippen LogP contribution in [0, 0.1) is 0 Å². The van der Waals surface area contributed by atoms with Gasteiger partial charge in [-0.1, -0.05) is 41.1 Å². The Morgan fingerprint density at radius 1 is 1.32 bits per heavy atom. The predicted molar refractivity (Wildman–Crippen MR) is 94.8 cm³/mol. The molecule has 1 aromatic carbocycles. The van der Waals surface area contributed by atoms with Gasteiger partial charge in [-0.15, -0.1) is 0 Å². The SMILES string of the molecule is CCCN(CC(=O)N(CC)C1CC1)C(C)c1ccccc1Br. The van der Waals surface area contributed by atoms with Crippen molar-refractivity contribution in [2.75, 3.05) is 19.6 Å². The van der Waals surface area contributed by atoms with Gasteiger partial charge in [-0.3, -0.25) is 9.69 Å². The first-order chi connectivity index (χ1) is 10.6. The summed E-state index contributed by atoms with van der Waals surface area (Å²) in [5.74, 6) is 0.275. The van der Waals surface area contributed by atoms with E-state index in [1.807, 2.05) is 6.07 Å². The number of benzene rings is 1. The summed E-state index contributed by atoms with van der Waals surface area (Å²) < 4.78 is 1.12. The van der Waals surface area contributed by atoms with Crippen LogP contribution in [0.3, 0.4) is 0 Å². The molecule has 0 aromatic heterocycles. The third kappa shape index (κ3) is 4.32. The minimum atomic E-state index is 0.234. The van der Waals surface area contributed by atoms with E-state index in [9.17, 15) is 4.79 Å². The molecule has 2 rings (SSSR count). The van der Waals surface area contributed by atoms with E-state index < -0.39 is 0 Å². The monoisotopic (exact) mass is 366 g/mol. The van der Waals surface area contributed by atoms with Crippen molar-refractivity contribution in [3.8, 4) is 0 Å². The number of hydrogen-bond acceptors (Lipinski definition) is 2. The molecule has 1 amide bonds. The Labute approximate surface area is 142 Å². The normalized spacial score (nSPS) is 15.9. The number of carbonyl (C=O) groups excluding carboxylic acids is 1. The summed E-state index contributed by atoms with van der Waals surface area (Å²) in [6.07, 6.45) is 3.40. The van der Waals surface area contributed by atoms with Crippen molar-refractivity contribution in [1.29, 1.82) is 0 Å². The number of halogens is 1. The highest BCUT2D eigenvalue weighted by atomic mass is 79.9. The third-order valence-electron chi connectivity index (χ3n) is 4.40. The first-order valence-electron chi connectivity index (χ1n) is 8.36. The Morgan fingerprint density at radius 3 is 2.55 bits per heavy atom. The van der Waals surface area contributed by atoms with E-state index in [4.69, 9.17) is 0 Å². The Kier molecular flexibility index (Phi) is 6.45. The number of amides is 1. The van der Waals surface area contributed by atoms with E-state index in [0.717, 1.165) is 24.0 Å². The van der Waals surface area contributed by atoms with E-state index >= 15 is 0 Å². The van der Waals surface area contributed by atoms with Crippen LogP contribution in [0.4, 0.5) is 0 Å². The molecule has 1 aromatic rings. The van der Waals surface area contributed by atoms with Crippen molar-refractivity contribution < 1.29 is 4.79 Å². The molecule has 0 spiro atoms. The van der Waals surface area contributed by atoms with Gasteiger partial charge in [0.2, 0.25) is 5.91 Å². The molecule has 22 heavy (non-hydrogen) atoms. The molecule has 1 aliphatic carbocycles. The van der Waals surface area contributed by atoms with E-state index in [-0.39, 0.29) is 11.9 Å². The van der Waals surface area contributed by atoms with E-state index in [2.05, 4.69) is 64.7 Å². The largest absolute Gasteiger partial charge is 0.339 e. The molecule has 0 aliphatic heterocycles. The molecule has 122 valence electrons. The number of likely N-dealkylation sites (N-methyl/N-ethyl adjacent to an activating group) is 1. The predicted octanol–water partition coefficient (Wildman–Crippen LogP) is 4.23. The highest BCUT2D eigenvalue weighted by Gasteiger charge is 2.32. The van der Waals surface area contributed by atoms with Crippen LogP contribution < -0.4 is 0 Å². The second-order valence-corrected chi connectivity index (χ2v) is 6.93. The lowest BCUT2D eigenvalue weighted by atomic mass is 10.1. The summed E-state index contributed by atoms with van der Waals surface area (Å²) in [6.45, 7) is 8.72. The highest BCUT2D eigenvalue weighted by Crippen LogP contribution is 2.29. The topological polar surface area (TPSA) is 23.6 Å². The smallest absolute Gasteiger partial charge is 0.237 e. The Hall–Kier alpha value is -0.870. The molecule has 0 N–H and O–H groups in total. The summed E-state index contributed by atoms with van der Waals surface area (Å²) in [5, 5.41) is 0. The minimum Gasteiger partial charge on any atom is -0.339 e. The van der Waals surface area contributed by atoms with Crippen LogP contribution >= 0.6 is 15.9 Å². The average molecular weight is 367 g/mol. The van der Waals surface area contributed by atoms with Gasteiger partial charge in [-0.2, -0.15) is 0 Å². The van der Waals surface area contributed by atoms with Gasteiger partial charge in [0.1, 0.15) is 0 Å². The number of rotatable bonds is 8. The van der Waals surface area contributed by atoms with Crippen LogP contribution in [-0.4, -0.2) is 41.4 Å². The van der Waals surface area contributed by atoms with Gasteiger partial charge in [0.15, 0.2) is 0 Å². The molecule has 1 aliphatic rings. The Bertz CT molecular complexity index is 502. The molecule has 1 atom stereocenters. The van der Waals surface area contributed by atoms with Crippen molar-refractivity contribution in [1.82, 2.24) is 9.80 Å². The van der Waals surface area contributed by atoms with E-state index in [1.54, 1.807) is 0 Å². The number of nitrogens with zero attached hydrogens (tertiary/aromatic N) is 2. The van der Waals surface area contributed by atoms with Crippen LogP contribution in [0.25, 0.3) is 0 Å². The van der Waals surface area contributed by atoms with Gasteiger partial charge in [-0.05, 0) is 51.3 Å². The Balaban J connectivity index is 2.08. The van der Waals surface area contributed by atoms with Crippen LogP contribution in [-0.2, 0) is 4.79 Å². The standard InChI is InChI=1S/C18H27BrN2O/c1-4-12-20(13-18(22)21(5-2)15-10-11-15)14(3)16-8-6-7-9-17(16)19/h6-9,14-15H,4-5,10-13H2,1-3H3. The molecule has 1 saturated carbocycles. The van der Waals surface area contributed by atoms with Gasteiger partial charge >= 0.3 is 0 Å². The maximum atomic E-state index is 12.6. The van der Waals surface area contributed by atoms with Gasteiger partial charge in [0.05, 0.1) is 6.54 Å². The van der Waals surface area contributed by atoms with Crippen molar-refractivity contribution in [3.05, 3.63) is 34.3 Å². The molecule has 4 heteroatoms. The second kappa shape index (κ2) is 8.11. The van der Waals surface area contributed by atoms with E-state index in [1.165, 1.54) is 18.4 Å². The van der Waals surface area contributed by atoms with Gasteiger partial charge in [0, 0.05) is 23.1 Å². The third-order valence-corrected chi connectivity index (χ3v) is 5.12. The van der Waals surface area contributed by atoms with Gasteiger partial charge in [-0.25, -0.2) is 0 Å². The fraction of sp³-hybridized carbons (Fsp3) is 0.611. The zero-order valence-electron chi connectivity index (χ0n) is 13.9. The zero-order valence-corrected chi connectivity index (χ0v) is 15.5. The first kappa shape index (κ1) is 17.5. The lowest BCUT2D eigenvalue weighted by Gasteiger charge is -2.31. The fourth-order valence-electron chi connectivity index (χ4n) is 3.00. The van der Waals surface area contributed by atoms with Crippen LogP contribution in [0.15, 0.2) is 28.7 Å². The summed E-state index contributed by atoms with van der Waals surface area (Å²) >= 11 is 3.64. The molecule has 0 bridgehead atoms. The first-order valence-corrected chi connectivity index (χ1v) is 9.15. The molecule has 3 nitrogen and oxygen atoms in total. The van der Waals surface area contributed by atoms with Crippen LogP contribution in [0.2, 0.25) is 0 Å². The summed E-state index contributed by atoms with van der Waals surface area (Å²) in [5.41, 5.74) is 1.25. The van der Waals surface area contributed by atoms with Crippen LogP contribution in [0.5, 0.6) is 0 Å². The molecule has 1 fully saturated rings. The van der Waals surface area contributed by atoms with Gasteiger partial charge in [0.25, 0.3) is 0 Å². The zero-order chi connectivity index (χ0) is 16.1. The van der Waals surface area contributed by atoms with E-state index in [0.29, 0.717) is 12.6 Å². The Morgan fingerprint density at radius 2 is 2.00 bits per heavy atom.